The van der Waals surface area contributed by atoms with Gasteiger partial charge in [0, 0.05) is 25.2 Å². The lowest BCUT2D eigenvalue weighted by molar-refractivity contribution is -0.143. The highest BCUT2D eigenvalue weighted by atomic mass is 16.4. The molecule has 3 atom stereocenters. The van der Waals surface area contributed by atoms with E-state index in [0.29, 0.717) is 19.5 Å². The van der Waals surface area contributed by atoms with Gasteiger partial charge in [-0.2, -0.15) is 0 Å². The highest BCUT2D eigenvalue weighted by Crippen LogP contribution is 2.41. The number of hydrogen-bond donors (Lipinski definition) is 1. The van der Waals surface area contributed by atoms with Gasteiger partial charge in [0.2, 0.25) is 5.91 Å². The molecule has 0 aromatic heterocycles. The summed E-state index contributed by atoms with van der Waals surface area (Å²) in [6.45, 7) is 5.85. The van der Waals surface area contributed by atoms with Crippen LogP contribution in [0.5, 0.6) is 0 Å². The van der Waals surface area contributed by atoms with Crippen LogP contribution in [0.4, 0.5) is 0 Å². The molecule has 136 valence electrons. The molecule has 2 aliphatic rings. The molecule has 5 heteroatoms. The van der Waals surface area contributed by atoms with E-state index in [1.54, 1.807) is 0 Å². The van der Waals surface area contributed by atoms with Gasteiger partial charge in [-0.3, -0.25) is 14.5 Å². The standard InChI is InChI=1S/C20H28N2O3/c1-3-10-21(12-15-6-4-14(2)5-7-15)19(23)13-22-16-8-9-18(22)17(11-16)20(24)25/h4-7,16-18H,3,8-13H2,1-2H3,(H,24,25). The summed E-state index contributed by atoms with van der Waals surface area (Å²) < 4.78 is 0. The van der Waals surface area contributed by atoms with Gasteiger partial charge in [0.15, 0.2) is 0 Å². The first kappa shape index (κ1) is 17.9. The largest absolute Gasteiger partial charge is 0.481 e. The van der Waals surface area contributed by atoms with Crippen molar-refractivity contribution >= 4 is 11.9 Å². The van der Waals surface area contributed by atoms with E-state index in [1.807, 2.05) is 4.90 Å². The fourth-order valence-electron chi connectivity index (χ4n) is 4.35. The van der Waals surface area contributed by atoms with E-state index in [1.165, 1.54) is 5.56 Å². The monoisotopic (exact) mass is 344 g/mol. The molecule has 2 aliphatic heterocycles. The molecule has 3 unspecified atom stereocenters. The average molecular weight is 344 g/mol. The highest BCUT2D eigenvalue weighted by molar-refractivity contribution is 5.79. The van der Waals surface area contributed by atoms with Gasteiger partial charge in [-0.1, -0.05) is 36.8 Å². The lowest BCUT2D eigenvalue weighted by Crippen LogP contribution is -2.43. The van der Waals surface area contributed by atoms with Crippen LogP contribution in [0.2, 0.25) is 0 Å². The zero-order valence-corrected chi connectivity index (χ0v) is 15.1. The number of carbonyl (C=O) groups excluding carboxylic acids is 1. The van der Waals surface area contributed by atoms with Crippen molar-refractivity contribution in [3.63, 3.8) is 0 Å². The van der Waals surface area contributed by atoms with E-state index in [-0.39, 0.29) is 23.9 Å². The zero-order valence-electron chi connectivity index (χ0n) is 15.1. The Morgan fingerprint density at radius 3 is 2.56 bits per heavy atom. The Hall–Kier alpha value is -1.88. The van der Waals surface area contributed by atoms with Gasteiger partial charge in [0.25, 0.3) is 0 Å². The summed E-state index contributed by atoms with van der Waals surface area (Å²) in [5.74, 6) is -0.900. The Kier molecular flexibility index (Phi) is 5.42. The third-order valence-electron chi connectivity index (χ3n) is 5.66. The number of aryl methyl sites for hydroxylation is 1. The SMILES string of the molecule is CCCN(Cc1ccc(C)cc1)C(=O)CN1C2CCC1C(C(=O)O)C2. The molecule has 1 amide bonds. The van der Waals surface area contributed by atoms with Gasteiger partial charge < -0.3 is 10.0 Å². The van der Waals surface area contributed by atoms with E-state index in [2.05, 4.69) is 43.0 Å². The van der Waals surface area contributed by atoms with Crippen LogP contribution in [0.15, 0.2) is 24.3 Å². The summed E-state index contributed by atoms with van der Waals surface area (Å²) in [4.78, 5) is 28.4. The molecule has 25 heavy (non-hydrogen) atoms. The number of nitrogens with zero attached hydrogens (tertiary/aromatic N) is 2. The van der Waals surface area contributed by atoms with Crippen LogP contribution in [0.25, 0.3) is 0 Å². The summed E-state index contributed by atoms with van der Waals surface area (Å²) in [5, 5.41) is 9.38. The van der Waals surface area contributed by atoms with Crippen molar-refractivity contribution < 1.29 is 14.7 Å². The van der Waals surface area contributed by atoms with E-state index in [4.69, 9.17) is 0 Å². The van der Waals surface area contributed by atoms with Crippen molar-refractivity contribution in [1.29, 1.82) is 0 Å². The maximum atomic E-state index is 12.9. The Morgan fingerprint density at radius 1 is 1.24 bits per heavy atom. The fourth-order valence-corrected chi connectivity index (χ4v) is 4.35. The number of carboxylic acid groups (broad SMARTS) is 1. The topological polar surface area (TPSA) is 60.9 Å². The minimum atomic E-state index is -0.713. The van der Waals surface area contributed by atoms with Gasteiger partial charge >= 0.3 is 5.97 Å². The molecule has 0 saturated carbocycles. The predicted octanol–water partition coefficient (Wildman–Crippen LogP) is 2.67. The zero-order chi connectivity index (χ0) is 18.0. The average Bonchev–Trinajstić information content (AvgIpc) is 3.13. The van der Waals surface area contributed by atoms with Gasteiger partial charge in [0.05, 0.1) is 12.5 Å². The molecule has 1 aromatic carbocycles. The Balaban J connectivity index is 1.65. The first-order chi connectivity index (χ1) is 12.0. The van der Waals surface area contributed by atoms with Crippen molar-refractivity contribution in [2.24, 2.45) is 5.92 Å². The molecule has 1 aromatic rings. The smallest absolute Gasteiger partial charge is 0.308 e. The number of carboxylic acids is 1. The van der Waals surface area contributed by atoms with E-state index < -0.39 is 5.97 Å². The first-order valence-electron chi connectivity index (χ1n) is 9.31. The molecule has 2 saturated heterocycles. The number of benzene rings is 1. The van der Waals surface area contributed by atoms with Gasteiger partial charge in [-0.05, 0) is 38.2 Å². The normalized spacial score (nSPS) is 25.3. The van der Waals surface area contributed by atoms with Crippen molar-refractivity contribution in [2.75, 3.05) is 13.1 Å². The molecule has 5 nitrogen and oxygen atoms in total. The third kappa shape index (κ3) is 3.87. The number of amides is 1. The number of hydrogen-bond acceptors (Lipinski definition) is 3. The van der Waals surface area contributed by atoms with Crippen molar-refractivity contribution in [3.8, 4) is 0 Å². The number of carbonyl (C=O) groups is 2. The molecule has 0 spiro atoms. The molecule has 3 rings (SSSR count). The summed E-state index contributed by atoms with van der Waals surface area (Å²) in [7, 11) is 0. The summed E-state index contributed by atoms with van der Waals surface area (Å²) in [6.07, 6.45) is 3.54. The lowest BCUT2D eigenvalue weighted by Gasteiger charge is -2.28. The highest BCUT2D eigenvalue weighted by Gasteiger charge is 2.49. The number of aliphatic carboxylic acids is 1. The second kappa shape index (κ2) is 7.56. The molecule has 2 bridgehead atoms. The van der Waals surface area contributed by atoms with Crippen molar-refractivity contribution in [1.82, 2.24) is 9.80 Å². The van der Waals surface area contributed by atoms with Crippen molar-refractivity contribution in [2.45, 2.75) is 58.2 Å². The molecule has 0 radical (unpaired) electrons. The third-order valence-corrected chi connectivity index (χ3v) is 5.66. The fraction of sp³-hybridized carbons (Fsp3) is 0.600. The van der Waals surface area contributed by atoms with Crippen LogP contribution >= 0.6 is 0 Å². The van der Waals surface area contributed by atoms with Crippen LogP contribution in [0, 0.1) is 12.8 Å². The second-order valence-corrected chi connectivity index (χ2v) is 7.45. The molecular weight excluding hydrogens is 316 g/mol. The number of fused-ring (bicyclic) bond motifs is 2. The number of rotatable bonds is 7. The van der Waals surface area contributed by atoms with Gasteiger partial charge in [-0.25, -0.2) is 0 Å². The Bertz CT molecular complexity index is 628. The molecule has 0 aliphatic carbocycles. The first-order valence-corrected chi connectivity index (χ1v) is 9.31. The minimum Gasteiger partial charge on any atom is -0.481 e. The van der Waals surface area contributed by atoms with Crippen LogP contribution in [-0.2, 0) is 16.1 Å². The quantitative estimate of drug-likeness (QED) is 0.826. The Labute approximate surface area is 149 Å². The lowest BCUT2D eigenvalue weighted by atomic mass is 9.89. The molecule has 1 N–H and O–H groups in total. The van der Waals surface area contributed by atoms with Crippen molar-refractivity contribution in [3.05, 3.63) is 35.4 Å². The summed E-state index contributed by atoms with van der Waals surface area (Å²) >= 11 is 0. The predicted molar refractivity (Wildman–Crippen MR) is 96.1 cm³/mol. The molecule has 2 heterocycles. The van der Waals surface area contributed by atoms with Crippen LogP contribution in [0.1, 0.15) is 43.7 Å². The second-order valence-electron chi connectivity index (χ2n) is 7.45. The summed E-state index contributed by atoms with van der Waals surface area (Å²) in [6, 6.07) is 8.59. The van der Waals surface area contributed by atoms with E-state index >= 15 is 0 Å². The maximum absolute atomic E-state index is 12.9. The van der Waals surface area contributed by atoms with Crippen LogP contribution in [-0.4, -0.2) is 52.0 Å². The molecule has 2 fully saturated rings. The van der Waals surface area contributed by atoms with Gasteiger partial charge in [-0.15, -0.1) is 0 Å². The summed E-state index contributed by atoms with van der Waals surface area (Å²) in [5.41, 5.74) is 2.35. The minimum absolute atomic E-state index is 0.0364. The maximum Gasteiger partial charge on any atom is 0.308 e. The Morgan fingerprint density at radius 2 is 1.96 bits per heavy atom. The van der Waals surface area contributed by atoms with Crippen LogP contribution < -0.4 is 0 Å². The van der Waals surface area contributed by atoms with E-state index in [0.717, 1.165) is 31.4 Å². The van der Waals surface area contributed by atoms with E-state index in [9.17, 15) is 14.7 Å². The van der Waals surface area contributed by atoms with Crippen LogP contribution in [0.3, 0.4) is 0 Å². The van der Waals surface area contributed by atoms with Gasteiger partial charge in [0.1, 0.15) is 0 Å². The molecular formula is C20H28N2O3.